The lowest BCUT2D eigenvalue weighted by atomic mass is 10.1. The van der Waals surface area contributed by atoms with Crippen molar-refractivity contribution in [1.29, 1.82) is 0 Å². The smallest absolute Gasteiger partial charge is 0.250 e. The molecule has 0 radical (unpaired) electrons. The molecule has 0 fully saturated rings. The van der Waals surface area contributed by atoms with Gasteiger partial charge >= 0.3 is 0 Å². The number of carbonyl (C=O) groups is 1. The van der Waals surface area contributed by atoms with E-state index in [9.17, 15) is 14.3 Å². The normalized spacial score (nSPS) is 12.0. The van der Waals surface area contributed by atoms with Crippen molar-refractivity contribution in [3.05, 3.63) is 51.6 Å². The molecule has 0 aliphatic rings. The van der Waals surface area contributed by atoms with Gasteiger partial charge in [0, 0.05) is 9.77 Å². The van der Waals surface area contributed by atoms with E-state index < -0.39 is 24.4 Å². The average Bonchev–Trinajstić information content (AvgIpc) is 2.53. The molecule has 0 aliphatic heterocycles. The molecule has 6 nitrogen and oxygen atoms in total. The first-order chi connectivity index (χ1) is 10.9. The second kappa shape index (κ2) is 7.66. The number of nitrogens with zero attached hydrogens (tertiary/aromatic N) is 2. The largest absolute Gasteiger partial charge is 0.394 e. The number of hydrogen-bond donors (Lipinski definition) is 3. The summed E-state index contributed by atoms with van der Waals surface area (Å²) in [6.45, 7) is -0.630. The van der Waals surface area contributed by atoms with Crippen molar-refractivity contribution in [2.45, 2.75) is 6.10 Å². The van der Waals surface area contributed by atoms with E-state index in [1.165, 1.54) is 35.5 Å². The van der Waals surface area contributed by atoms with Crippen LogP contribution in [0.2, 0.25) is 0 Å². The maximum Gasteiger partial charge on any atom is 0.250 e. The lowest BCUT2D eigenvalue weighted by Gasteiger charge is -2.28. The number of carbonyl (C=O) groups excluding carboxylic acids is 1. The fraction of sp³-hybridized carbons (Fsp3) is 0.200. The second-order valence-electron chi connectivity index (χ2n) is 4.80. The van der Waals surface area contributed by atoms with Gasteiger partial charge in [0.05, 0.1) is 42.4 Å². The van der Waals surface area contributed by atoms with Crippen LogP contribution in [0.1, 0.15) is 10.4 Å². The van der Waals surface area contributed by atoms with Crippen molar-refractivity contribution >= 4 is 39.9 Å². The molecular weight excluding hydrogens is 416 g/mol. The molecule has 1 aromatic heterocycles. The molecule has 0 saturated heterocycles. The average molecular weight is 431 g/mol. The van der Waals surface area contributed by atoms with Crippen LogP contribution in [-0.2, 0) is 0 Å². The Hall–Kier alpha value is -1.78. The summed E-state index contributed by atoms with van der Waals surface area (Å²) in [5, 5.41) is 18.9. The molecule has 4 N–H and O–H groups in total. The third kappa shape index (κ3) is 4.15. The number of aromatic nitrogens is 1. The number of benzene rings is 1. The van der Waals surface area contributed by atoms with Crippen LogP contribution in [0, 0.1) is 9.39 Å². The first kappa shape index (κ1) is 17.6. The van der Waals surface area contributed by atoms with Crippen LogP contribution in [0.5, 0.6) is 0 Å². The number of rotatable bonds is 6. The Bertz CT molecular complexity index is 714. The summed E-state index contributed by atoms with van der Waals surface area (Å²) in [7, 11) is 0. The zero-order chi connectivity index (χ0) is 17.0. The maximum absolute atomic E-state index is 14.3. The zero-order valence-electron chi connectivity index (χ0n) is 12.0. The Labute approximate surface area is 145 Å². The number of primary amides is 1. The number of hydrogen-bond acceptors (Lipinski definition) is 5. The van der Waals surface area contributed by atoms with Gasteiger partial charge in [-0.1, -0.05) is 0 Å². The summed E-state index contributed by atoms with van der Waals surface area (Å²) in [5.74, 6) is -1.22. The molecule has 122 valence electrons. The van der Waals surface area contributed by atoms with Crippen LogP contribution in [-0.4, -0.2) is 40.4 Å². The van der Waals surface area contributed by atoms with Gasteiger partial charge < -0.3 is 20.8 Å². The summed E-state index contributed by atoms with van der Waals surface area (Å²) >= 11 is 1.98. The lowest BCUT2D eigenvalue weighted by Crippen LogP contribution is -2.33. The van der Waals surface area contributed by atoms with Crippen LogP contribution in [0.25, 0.3) is 0 Å². The van der Waals surface area contributed by atoms with Crippen molar-refractivity contribution in [2.24, 2.45) is 5.73 Å². The van der Waals surface area contributed by atoms with Crippen molar-refractivity contribution in [3.8, 4) is 0 Å². The lowest BCUT2D eigenvalue weighted by molar-refractivity contribution is 0.0993. The molecule has 0 spiro atoms. The molecule has 1 atom stereocenters. The van der Waals surface area contributed by atoms with Gasteiger partial charge in [0.1, 0.15) is 5.82 Å². The third-order valence-corrected chi connectivity index (χ3v) is 3.83. The Morgan fingerprint density at radius 2 is 2.13 bits per heavy atom. The standard InChI is InChI=1S/C15H15FIN3O3/c16-12-5-9(17)1-2-13(12)20(7-10(22)8-21)14-6-19-4-3-11(14)15(18)23/h1-6,10,21-22H,7-8H2,(H2,18,23). The number of nitrogens with two attached hydrogens (primary N) is 1. The summed E-state index contributed by atoms with van der Waals surface area (Å²) in [5.41, 5.74) is 5.90. The highest BCUT2D eigenvalue weighted by molar-refractivity contribution is 14.1. The van der Waals surface area contributed by atoms with Crippen molar-refractivity contribution < 1.29 is 19.4 Å². The summed E-state index contributed by atoms with van der Waals surface area (Å²) < 4.78 is 15.0. The molecule has 1 unspecified atom stereocenters. The van der Waals surface area contributed by atoms with Gasteiger partial charge in [0.25, 0.3) is 5.91 Å². The van der Waals surface area contributed by atoms with Gasteiger partial charge in [0.2, 0.25) is 0 Å². The number of pyridine rings is 1. The van der Waals surface area contributed by atoms with Gasteiger partial charge in [-0.25, -0.2) is 4.39 Å². The maximum atomic E-state index is 14.3. The quantitative estimate of drug-likeness (QED) is 0.601. The van der Waals surface area contributed by atoms with Crippen molar-refractivity contribution in [3.63, 3.8) is 0 Å². The molecular formula is C15H15FIN3O3. The highest BCUT2D eigenvalue weighted by atomic mass is 127. The third-order valence-electron chi connectivity index (χ3n) is 3.16. The fourth-order valence-electron chi connectivity index (χ4n) is 2.10. The topological polar surface area (TPSA) is 99.7 Å². The minimum atomic E-state index is -1.13. The SMILES string of the molecule is NC(=O)c1ccncc1N(CC(O)CO)c1ccc(I)cc1F. The van der Waals surface area contributed by atoms with Crippen LogP contribution in [0.3, 0.4) is 0 Å². The number of anilines is 2. The molecule has 2 aromatic rings. The number of aliphatic hydroxyl groups excluding tert-OH is 2. The zero-order valence-corrected chi connectivity index (χ0v) is 14.1. The molecule has 8 heteroatoms. The summed E-state index contributed by atoms with van der Waals surface area (Å²) in [6.07, 6.45) is 1.63. The molecule has 23 heavy (non-hydrogen) atoms. The van der Waals surface area contributed by atoms with E-state index in [2.05, 4.69) is 4.98 Å². The molecule has 0 bridgehead atoms. The van der Waals surface area contributed by atoms with Crippen LogP contribution in [0.15, 0.2) is 36.7 Å². The molecule has 0 saturated carbocycles. The molecule has 2 rings (SSSR count). The van der Waals surface area contributed by atoms with E-state index in [1.54, 1.807) is 6.07 Å². The first-order valence-corrected chi connectivity index (χ1v) is 7.77. The highest BCUT2D eigenvalue weighted by Crippen LogP contribution is 2.31. The van der Waals surface area contributed by atoms with Gasteiger partial charge in [-0.2, -0.15) is 0 Å². The van der Waals surface area contributed by atoms with Crippen LogP contribution < -0.4 is 10.6 Å². The molecule has 1 aromatic carbocycles. The molecule has 1 heterocycles. The van der Waals surface area contributed by atoms with Gasteiger partial charge in [-0.3, -0.25) is 9.78 Å². The summed E-state index contributed by atoms with van der Waals surface area (Å²) in [6, 6.07) is 5.96. The predicted octanol–water partition coefficient (Wildman–Crippen LogP) is 1.42. The van der Waals surface area contributed by atoms with Crippen molar-refractivity contribution in [2.75, 3.05) is 18.1 Å². The minimum Gasteiger partial charge on any atom is -0.394 e. The molecule has 0 aliphatic carbocycles. The van der Waals surface area contributed by atoms with E-state index in [1.807, 2.05) is 22.6 Å². The monoisotopic (exact) mass is 431 g/mol. The Morgan fingerprint density at radius 3 is 2.74 bits per heavy atom. The first-order valence-electron chi connectivity index (χ1n) is 6.69. The van der Waals surface area contributed by atoms with E-state index in [4.69, 9.17) is 10.8 Å². The number of halogens is 2. The summed E-state index contributed by atoms with van der Waals surface area (Å²) in [4.78, 5) is 16.9. The van der Waals surface area contributed by atoms with E-state index >= 15 is 0 Å². The van der Waals surface area contributed by atoms with Crippen molar-refractivity contribution in [1.82, 2.24) is 4.98 Å². The van der Waals surface area contributed by atoms with E-state index in [0.29, 0.717) is 3.57 Å². The van der Waals surface area contributed by atoms with Gasteiger partial charge in [0.15, 0.2) is 0 Å². The van der Waals surface area contributed by atoms with Crippen LogP contribution >= 0.6 is 22.6 Å². The second-order valence-corrected chi connectivity index (χ2v) is 6.05. The highest BCUT2D eigenvalue weighted by Gasteiger charge is 2.22. The number of amides is 1. The number of aliphatic hydroxyl groups is 2. The Balaban J connectivity index is 2.57. The van der Waals surface area contributed by atoms with E-state index in [-0.39, 0.29) is 23.5 Å². The van der Waals surface area contributed by atoms with Gasteiger partial charge in [-0.05, 0) is 46.9 Å². The predicted molar refractivity (Wildman–Crippen MR) is 92.0 cm³/mol. The Morgan fingerprint density at radius 1 is 1.39 bits per heavy atom. The van der Waals surface area contributed by atoms with Gasteiger partial charge in [-0.15, -0.1) is 0 Å². The fourth-order valence-corrected chi connectivity index (χ4v) is 2.56. The van der Waals surface area contributed by atoms with E-state index in [0.717, 1.165) is 0 Å². The Kier molecular flexibility index (Phi) is 5.85. The minimum absolute atomic E-state index is 0.125. The molecule has 1 amide bonds. The van der Waals surface area contributed by atoms with Crippen LogP contribution in [0.4, 0.5) is 15.8 Å².